The van der Waals surface area contributed by atoms with Crippen LogP contribution in [-0.4, -0.2) is 31.2 Å². The van der Waals surface area contributed by atoms with Gasteiger partial charge in [0.05, 0.1) is 5.75 Å². The summed E-state index contributed by atoms with van der Waals surface area (Å²) in [6, 6.07) is 0. The zero-order valence-electron chi connectivity index (χ0n) is 11.7. The minimum Gasteiger partial charge on any atom is -0.478 e. The Balaban J connectivity index is 2.23. The number of H-pyrrole nitrogens is 1. The van der Waals surface area contributed by atoms with Gasteiger partial charge in [0.25, 0.3) is 0 Å². The van der Waals surface area contributed by atoms with Crippen LogP contribution in [0.2, 0.25) is 0 Å². The molecule has 0 amide bonds. The number of carbonyl (C=O) groups is 1. The molecule has 2 aromatic rings. The van der Waals surface area contributed by atoms with E-state index in [-0.39, 0.29) is 28.0 Å². The smallest absolute Gasteiger partial charge is 0.346 e. The first-order valence-electron chi connectivity index (χ1n) is 6.18. The van der Waals surface area contributed by atoms with Gasteiger partial charge in [-0.2, -0.15) is 9.97 Å². The van der Waals surface area contributed by atoms with E-state index < -0.39 is 11.7 Å². The van der Waals surface area contributed by atoms with Crippen LogP contribution < -0.4 is 5.69 Å². The number of aromatic carboxylic acids is 1. The molecule has 2 N–H and O–H groups in total. The summed E-state index contributed by atoms with van der Waals surface area (Å²) in [5.74, 6) is 0.186. The Labute approximate surface area is 124 Å². The normalized spacial score (nSPS) is 11.0. The Hall–Kier alpha value is -2.16. The third-order valence-corrected chi connectivity index (χ3v) is 3.59. The van der Waals surface area contributed by atoms with Crippen LogP contribution in [0.1, 0.15) is 47.5 Å². The van der Waals surface area contributed by atoms with E-state index in [4.69, 9.17) is 4.52 Å². The van der Waals surface area contributed by atoms with Crippen LogP contribution in [0, 0.1) is 6.92 Å². The van der Waals surface area contributed by atoms with Gasteiger partial charge in [-0.05, 0) is 6.92 Å². The molecule has 0 aliphatic heterocycles. The number of thioether (sulfide) groups is 1. The Bertz CT molecular complexity index is 722. The average molecular weight is 310 g/mol. The van der Waals surface area contributed by atoms with Crippen molar-refractivity contribution in [1.29, 1.82) is 0 Å². The summed E-state index contributed by atoms with van der Waals surface area (Å²) < 4.78 is 5.06. The van der Waals surface area contributed by atoms with Gasteiger partial charge in [-0.15, -0.1) is 0 Å². The van der Waals surface area contributed by atoms with Crippen molar-refractivity contribution in [2.45, 2.75) is 37.5 Å². The van der Waals surface area contributed by atoms with Crippen molar-refractivity contribution in [1.82, 2.24) is 20.1 Å². The van der Waals surface area contributed by atoms with E-state index in [0.717, 1.165) is 11.8 Å². The summed E-state index contributed by atoms with van der Waals surface area (Å²) in [5.41, 5.74) is -0.343. The van der Waals surface area contributed by atoms with E-state index >= 15 is 0 Å². The lowest BCUT2D eigenvalue weighted by Crippen LogP contribution is -2.18. The van der Waals surface area contributed by atoms with Gasteiger partial charge in [-0.1, -0.05) is 30.8 Å². The summed E-state index contributed by atoms with van der Waals surface area (Å²) in [7, 11) is 0. The quantitative estimate of drug-likeness (QED) is 0.630. The topological polar surface area (TPSA) is 122 Å². The predicted octanol–water partition coefficient (Wildman–Crippen LogP) is 1.58. The molecule has 0 spiro atoms. The van der Waals surface area contributed by atoms with Gasteiger partial charge >= 0.3 is 11.7 Å². The molecule has 0 aromatic carbocycles. The van der Waals surface area contributed by atoms with Crippen LogP contribution in [0.5, 0.6) is 0 Å². The molecule has 0 bridgehead atoms. The van der Waals surface area contributed by atoms with E-state index in [1.54, 1.807) is 0 Å². The lowest BCUT2D eigenvalue weighted by Gasteiger charge is -2.05. The fraction of sp³-hybridized carbons (Fsp3) is 0.417. The zero-order valence-corrected chi connectivity index (χ0v) is 12.5. The number of nitrogens with zero attached hydrogens (tertiary/aromatic N) is 3. The minimum absolute atomic E-state index is 0.0211. The fourth-order valence-electron chi connectivity index (χ4n) is 1.61. The second-order valence-electron chi connectivity index (χ2n) is 4.64. The molecule has 21 heavy (non-hydrogen) atoms. The highest BCUT2D eigenvalue weighted by Gasteiger charge is 2.18. The highest BCUT2D eigenvalue weighted by Crippen LogP contribution is 2.24. The highest BCUT2D eigenvalue weighted by atomic mass is 32.2. The molecule has 2 aromatic heterocycles. The maximum atomic E-state index is 11.4. The van der Waals surface area contributed by atoms with Crippen molar-refractivity contribution in [3.63, 3.8) is 0 Å². The minimum atomic E-state index is -1.14. The van der Waals surface area contributed by atoms with Crippen LogP contribution in [0.25, 0.3) is 0 Å². The number of aromatic amines is 1. The Morgan fingerprint density at radius 1 is 1.43 bits per heavy atom. The number of aryl methyl sites for hydroxylation is 1. The van der Waals surface area contributed by atoms with Crippen LogP contribution in [0.4, 0.5) is 0 Å². The van der Waals surface area contributed by atoms with Crippen LogP contribution in [0.3, 0.4) is 0 Å². The summed E-state index contributed by atoms with van der Waals surface area (Å²) >= 11 is 1.08. The number of nitrogens with one attached hydrogen (secondary N) is 1. The first-order valence-corrected chi connectivity index (χ1v) is 7.16. The summed E-state index contributed by atoms with van der Waals surface area (Å²) in [6.45, 7) is 5.37. The molecule has 0 radical (unpaired) electrons. The average Bonchev–Trinajstić information content (AvgIpc) is 2.83. The van der Waals surface area contributed by atoms with E-state index in [0.29, 0.717) is 11.7 Å². The van der Waals surface area contributed by atoms with E-state index in [1.165, 1.54) is 6.92 Å². The largest absolute Gasteiger partial charge is 0.478 e. The Morgan fingerprint density at radius 2 is 2.14 bits per heavy atom. The van der Waals surface area contributed by atoms with Crippen molar-refractivity contribution in [2.75, 3.05) is 0 Å². The maximum Gasteiger partial charge on any atom is 0.346 e. The van der Waals surface area contributed by atoms with Crippen LogP contribution in [-0.2, 0) is 5.75 Å². The van der Waals surface area contributed by atoms with Gasteiger partial charge in [-0.3, -0.25) is 0 Å². The predicted molar refractivity (Wildman–Crippen MR) is 74.5 cm³/mol. The second-order valence-corrected chi connectivity index (χ2v) is 5.61. The van der Waals surface area contributed by atoms with E-state index in [1.807, 2.05) is 13.8 Å². The van der Waals surface area contributed by atoms with E-state index in [9.17, 15) is 14.7 Å². The molecule has 0 fully saturated rings. The number of aromatic nitrogens is 4. The summed E-state index contributed by atoms with van der Waals surface area (Å²) in [5, 5.41) is 13.1. The van der Waals surface area contributed by atoms with Crippen LogP contribution >= 0.6 is 11.8 Å². The molecule has 0 aliphatic rings. The number of hydrogen-bond donors (Lipinski definition) is 2. The second kappa shape index (κ2) is 6.08. The lowest BCUT2D eigenvalue weighted by atomic mass is 10.2. The van der Waals surface area contributed by atoms with Gasteiger partial charge in [0.1, 0.15) is 10.6 Å². The van der Waals surface area contributed by atoms with Crippen molar-refractivity contribution in [3.8, 4) is 0 Å². The molecule has 2 heterocycles. The van der Waals surface area contributed by atoms with Crippen molar-refractivity contribution in [3.05, 3.63) is 33.5 Å². The number of rotatable bonds is 5. The highest BCUT2D eigenvalue weighted by molar-refractivity contribution is 7.98. The first-order chi connectivity index (χ1) is 9.88. The summed E-state index contributed by atoms with van der Waals surface area (Å²) in [4.78, 5) is 32.9. The molecular formula is C12H14N4O4S. The summed E-state index contributed by atoms with van der Waals surface area (Å²) in [6.07, 6.45) is 0. The molecule has 9 heteroatoms. The molecule has 8 nitrogen and oxygen atoms in total. The molecule has 112 valence electrons. The van der Waals surface area contributed by atoms with Crippen molar-refractivity contribution < 1.29 is 14.4 Å². The van der Waals surface area contributed by atoms with Gasteiger partial charge < -0.3 is 14.6 Å². The van der Waals surface area contributed by atoms with Crippen molar-refractivity contribution >= 4 is 17.7 Å². The Morgan fingerprint density at radius 3 is 2.71 bits per heavy atom. The van der Waals surface area contributed by atoms with E-state index in [2.05, 4.69) is 20.1 Å². The standard InChI is InChI=1S/C12H14N4O4S/c1-5(2)9-14-7(16-20-9)4-21-10-8(11(17)18)6(3)13-12(19)15-10/h5H,4H2,1-3H3,(H,17,18)(H,13,15,19). The number of carboxylic acids is 1. The van der Waals surface area contributed by atoms with Crippen molar-refractivity contribution in [2.24, 2.45) is 0 Å². The fourth-order valence-corrected chi connectivity index (χ4v) is 2.52. The molecule has 0 saturated carbocycles. The van der Waals surface area contributed by atoms with Gasteiger partial charge in [-0.25, -0.2) is 9.59 Å². The van der Waals surface area contributed by atoms with Gasteiger partial charge in [0, 0.05) is 11.6 Å². The molecule has 0 saturated heterocycles. The van der Waals surface area contributed by atoms with Gasteiger partial charge in [0.2, 0.25) is 5.89 Å². The third-order valence-electron chi connectivity index (χ3n) is 2.62. The SMILES string of the molecule is Cc1[nH]c(=O)nc(SCc2noc(C(C)C)n2)c1C(=O)O. The molecular weight excluding hydrogens is 296 g/mol. The van der Waals surface area contributed by atoms with Gasteiger partial charge in [0.15, 0.2) is 5.82 Å². The molecule has 0 atom stereocenters. The molecule has 2 rings (SSSR count). The first kappa shape index (κ1) is 15.2. The number of hydrogen-bond acceptors (Lipinski definition) is 7. The van der Waals surface area contributed by atoms with Crippen LogP contribution in [0.15, 0.2) is 14.3 Å². The lowest BCUT2D eigenvalue weighted by molar-refractivity contribution is 0.0690. The third kappa shape index (κ3) is 3.48. The number of carboxylic acid groups (broad SMARTS) is 1. The zero-order chi connectivity index (χ0) is 15.6. The molecule has 0 aliphatic carbocycles. The molecule has 0 unspecified atom stereocenters. The monoisotopic (exact) mass is 310 g/mol. The Kier molecular flexibility index (Phi) is 4.41. The maximum absolute atomic E-state index is 11.4.